The minimum atomic E-state index is -1.44. The van der Waals surface area contributed by atoms with Crippen molar-refractivity contribution in [3.8, 4) is 0 Å². The Labute approximate surface area is 310 Å². The number of nitrogens with zero attached hydrogens (tertiary/aromatic N) is 4. The van der Waals surface area contributed by atoms with Gasteiger partial charge in [-0.2, -0.15) is 0 Å². The molecule has 1 spiro atoms. The van der Waals surface area contributed by atoms with E-state index in [1.165, 1.54) is 4.90 Å². The minimum Gasteiger partial charge on any atom is -0.455 e. The normalized spacial score (nSPS) is 32.2. The molecule has 0 radical (unpaired) electrons. The largest absolute Gasteiger partial charge is 0.455 e. The molecule has 0 saturated carbocycles. The molecule has 5 bridgehead atoms. The van der Waals surface area contributed by atoms with Crippen LogP contribution in [0.15, 0.2) is 85.0 Å². The highest BCUT2D eigenvalue weighted by Crippen LogP contribution is 2.56. The number of likely N-dealkylation sites (tertiary alicyclic amines) is 1. The minimum absolute atomic E-state index is 0.104. The van der Waals surface area contributed by atoms with Crippen LogP contribution in [0.25, 0.3) is 0 Å². The monoisotopic (exact) mass is 726 g/mol. The number of aliphatic hydroxyl groups is 1. The van der Waals surface area contributed by atoms with E-state index < -0.39 is 66.3 Å². The highest BCUT2D eigenvalue weighted by Gasteiger charge is 2.74. The second kappa shape index (κ2) is 15.9. The number of allylic oxidation sites excluding steroid dienone is 1. The van der Waals surface area contributed by atoms with Gasteiger partial charge in [-0.1, -0.05) is 85.0 Å². The first kappa shape index (κ1) is 37.0. The van der Waals surface area contributed by atoms with Gasteiger partial charge in [0.2, 0.25) is 17.7 Å². The van der Waals surface area contributed by atoms with Crippen LogP contribution in [0.5, 0.6) is 0 Å². The molecule has 8 atom stereocenters. The zero-order chi connectivity index (χ0) is 37.1. The van der Waals surface area contributed by atoms with E-state index >= 15 is 4.79 Å². The summed E-state index contributed by atoms with van der Waals surface area (Å²) < 4.78 is 18.6. The molecule has 0 unspecified atom stereocenters. The van der Waals surface area contributed by atoms with Crippen molar-refractivity contribution in [2.24, 2.45) is 11.8 Å². The van der Waals surface area contributed by atoms with Gasteiger partial charge in [-0.25, -0.2) is 0 Å². The summed E-state index contributed by atoms with van der Waals surface area (Å²) in [5, 5.41) is 10.9. The number of carbonyl (C=O) groups is 4. The second-order valence-corrected chi connectivity index (χ2v) is 14.7. The SMILES string of the molecule is C[C@@H]1[C@@H](c2ccccc2)OC(=O)[C@@H]2[C@@H]3C=C[C@]4(O3)[C@H](C(=O)N(CCN3CCOCC3)C/C=C\CCC(=O)N1C)N([C@@H](CO)Cc1ccccc1)C(=O)[C@@H]24. The summed E-state index contributed by atoms with van der Waals surface area (Å²) in [6.07, 6.45) is 6.76. The Bertz CT molecular complexity index is 1700. The summed E-state index contributed by atoms with van der Waals surface area (Å²) in [7, 11) is 1.71. The lowest BCUT2D eigenvalue weighted by Gasteiger charge is -2.39. The van der Waals surface area contributed by atoms with Crippen LogP contribution in [0.4, 0.5) is 0 Å². The van der Waals surface area contributed by atoms with E-state index in [-0.39, 0.29) is 24.8 Å². The van der Waals surface area contributed by atoms with E-state index in [1.54, 1.807) is 29.0 Å². The van der Waals surface area contributed by atoms with Crippen LogP contribution >= 0.6 is 0 Å². The molecular formula is C41H50N4O8. The smallest absolute Gasteiger partial charge is 0.313 e. The Morgan fingerprint density at radius 2 is 1.64 bits per heavy atom. The summed E-state index contributed by atoms with van der Waals surface area (Å²) in [6.45, 7) is 5.41. The summed E-state index contributed by atoms with van der Waals surface area (Å²) in [5.74, 6) is -3.57. The number of carbonyl (C=O) groups excluding carboxylic acids is 4. The van der Waals surface area contributed by atoms with Gasteiger partial charge in [0.15, 0.2) is 0 Å². The molecule has 1 N–H and O–H groups in total. The van der Waals surface area contributed by atoms with Gasteiger partial charge in [-0.3, -0.25) is 24.1 Å². The average Bonchev–Trinajstić information content (AvgIpc) is 3.84. The van der Waals surface area contributed by atoms with Gasteiger partial charge in [0.1, 0.15) is 23.7 Å². The summed E-state index contributed by atoms with van der Waals surface area (Å²) >= 11 is 0. The van der Waals surface area contributed by atoms with Crippen LogP contribution in [-0.4, -0.2) is 138 Å². The lowest BCUT2D eigenvalue weighted by molar-refractivity contribution is -0.164. The van der Waals surface area contributed by atoms with Gasteiger partial charge in [-0.05, 0) is 30.9 Å². The fourth-order valence-electron chi connectivity index (χ4n) is 8.66. The van der Waals surface area contributed by atoms with Crippen LogP contribution in [0, 0.1) is 11.8 Å². The van der Waals surface area contributed by atoms with E-state index in [2.05, 4.69) is 4.90 Å². The molecule has 5 aliphatic rings. The summed E-state index contributed by atoms with van der Waals surface area (Å²) in [4.78, 5) is 65.2. The number of hydrogen-bond acceptors (Lipinski definition) is 9. The molecule has 12 nitrogen and oxygen atoms in total. The molecular weight excluding hydrogens is 676 g/mol. The molecule has 3 saturated heterocycles. The van der Waals surface area contributed by atoms with Crippen LogP contribution in [0.2, 0.25) is 0 Å². The maximum atomic E-state index is 15.2. The number of morpholine rings is 1. The van der Waals surface area contributed by atoms with Crippen LogP contribution in [0.1, 0.15) is 37.0 Å². The van der Waals surface area contributed by atoms with Gasteiger partial charge in [0.25, 0.3) is 0 Å². The van der Waals surface area contributed by atoms with Crippen molar-refractivity contribution in [2.75, 3.05) is 59.6 Å². The lowest BCUT2D eigenvalue weighted by Crippen LogP contribution is -2.59. The van der Waals surface area contributed by atoms with E-state index in [9.17, 15) is 19.5 Å². The number of hydrogen-bond donors (Lipinski definition) is 1. The number of fused-ring (bicyclic) bond motifs is 2. The third-order valence-electron chi connectivity index (χ3n) is 11.7. The van der Waals surface area contributed by atoms with Crippen molar-refractivity contribution in [1.82, 2.24) is 19.6 Å². The molecule has 12 heteroatoms. The molecule has 53 heavy (non-hydrogen) atoms. The fourth-order valence-corrected chi connectivity index (χ4v) is 8.66. The molecule has 2 aromatic rings. The quantitative estimate of drug-likeness (QED) is 0.322. The predicted octanol–water partition coefficient (Wildman–Crippen LogP) is 2.38. The van der Waals surface area contributed by atoms with E-state index in [4.69, 9.17) is 14.2 Å². The van der Waals surface area contributed by atoms with E-state index in [1.807, 2.05) is 79.7 Å². The number of rotatable bonds is 8. The van der Waals surface area contributed by atoms with Crippen molar-refractivity contribution in [2.45, 2.75) is 62.1 Å². The molecule has 3 fully saturated rings. The van der Waals surface area contributed by atoms with Gasteiger partial charge in [-0.15, -0.1) is 0 Å². The van der Waals surface area contributed by atoms with Crippen LogP contribution in [0.3, 0.4) is 0 Å². The van der Waals surface area contributed by atoms with Crippen LogP contribution in [-0.2, 0) is 39.8 Å². The standard InChI is InChI=1S/C41H50N4O8/c1-28-36(30-14-8-4-9-15-30)52-40(50)34-32-17-18-41(53-32)35(34)38(48)45(31(27-46)26-29-12-6-3-7-13-29)37(41)39(49)44(21-20-43-22-24-51-25-23-43)19-11-5-10-16-33(47)42(28)2/h3-9,11-15,17-18,28,31-32,34-37,46H,10,16,19-27H2,1-2H3/b11-5-/t28-,31-,32+,34-,35-,36+,37+,41-/m1/s1. The highest BCUT2D eigenvalue weighted by atomic mass is 16.6. The van der Waals surface area contributed by atoms with Crippen molar-refractivity contribution in [3.63, 3.8) is 0 Å². The van der Waals surface area contributed by atoms with Crippen LogP contribution < -0.4 is 0 Å². The fraction of sp³-hybridized carbons (Fsp3) is 0.512. The number of cyclic esters (lactones) is 1. The topological polar surface area (TPSA) is 129 Å². The Hall–Kier alpha value is -4.36. The number of ether oxygens (including phenoxy) is 3. The lowest BCUT2D eigenvalue weighted by atomic mass is 9.74. The predicted molar refractivity (Wildman–Crippen MR) is 195 cm³/mol. The molecule has 0 aromatic heterocycles. The number of likely N-dealkylation sites (N-methyl/N-ethyl adjacent to an activating group) is 1. The molecule has 5 aliphatic heterocycles. The number of aliphatic hydroxyl groups excluding tert-OH is 1. The van der Waals surface area contributed by atoms with Crippen molar-refractivity contribution < 1.29 is 38.5 Å². The summed E-state index contributed by atoms with van der Waals surface area (Å²) in [5.41, 5.74) is 0.172. The van der Waals surface area contributed by atoms with Crippen molar-refractivity contribution in [3.05, 3.63) is 96.1 Å². The molecule has 3 amide bonds. The zero-order valence-corrected chi connectivity index (χ0v) is 30.5. The second-order valence-electron chi connectivity index (χ2n) is 14.7. The molecule has 282 valence electrons. The van der Waals surface area contributed by atoms with E-state index in [0.717, 1.165) is 18.7 Å². The molecule has 7 rings (SSSR count). The van der Waals surface area contributed by atoms with Gasteiger partial charge < -0.3 is 34.0 Å². The Morgan fingerprint density at radius 3 is 2.36 bits per heavy atom. The highest BCUT2D eigenvalue weighted by molar-refractivity contribution is 5.99. The first-order chi connectivity index (χ1) is 25.7. The number of benzene rings is 2. The molecule has 0 aliphatic carbocycles. The van der Waals surface area contributed by atoms with Gasteiger partial charge in [0, 0.05) is 46.2 Å². The first-order valence-electron chi connectivity index (χ1n) is 18.8. The number of amides is 3. The van der Waals surface area contributed by atoms with Gasteiger partial charge in [0.05, 0.1) is 43.9 Å². The van der Waals surface area contributed by atoms with Crippen molar-refractivity contribution in [1.29, 1.82) is 0 Å². The average molecular weight is 727 g/mol. The molecule has 2 aromatic carbocycles. The number of esters is 1. The zero-order valence-electron chi connectivity index (χ0n) is 30.5. The third kappa shape index (κ3) is 7.17. The Kier molecular flexibility index (Phi) is 11.1. The maximum absolute atomic E-state index is 15.2. The summed E-state index contributed by atoms with van der Waals surface area (Å²) in [6, 6.07) is 16.4. The van der Waals surface area contributed by atoms with Crippen molar-refractivity contribution >= 4 is 23.7 Å². The van der Waals surface area contributed by atoms with E-state index in [0.29, 0.717) is 44.7 Å². The Balaban J connectivity index is 1.30. The first-order valence-corrected chi connectivity index (χ1v) is 18.8. The third-order valence-corrected chi connectivity index (χ3v) is 11.7. The van der Waals surface area contributed by atoms with Gasteiger partial charge >= 0.3 is 5.97 Å². The Morgan fingerprint density at radius 1 is 0.925 bits per heavy atom. The maximum Gasteiger partial charge on any atom is 0.313 e. The molecule has 5 heterocycles.